The molecular weight excluding hydrogens is 448 g/mol. The highest BCUT2D eigenvalue weighted by Gasteiger charge is 2.32. The maximum Gasteiger partial charge on any atom is 0.335 e. The Morgan fingerprint density at radius 3 is 2.32 bits per heavy atom. The Bertz CT molecular complexity index is 716. The fourth-order valence-electron chi connectivity index (χ4n) is 3.10. The van der Waals surface area contributed by atoms with Crippen molar-refractivity contribution in [1.82, 2.24) is 10.4 Å². The van der Waals surface area contributed by atoms with Crippen LogP contribution in [0.1, 0.15) is 51.4 Å². The van der Waals surface area contributed by atoms with Gasteiger partial charge in [-0.3, -0.25) is 14.4 Å². The fraction of sp³-hybridized carbons (Fsp3) is 0.739. The van der Waals surface area contributed by atoms with E-state index in [0.717, 1.165) is 32.1 Å². The van der Waals surface area contributed by atoms with Crippen molar-refractivity contribution in [2.45, 2.75) is 57.5 Å². The highest BCUT2D eigenvalue weighted by Crippen LogP contribution is 2.12. The van der Waals surface area contributed by atoms with Crippen LogP contribution in [0, 0.1) is 11.8 Å². The van der Waals surface area contributed by atoms with Crippen molar-refractivity contribution in [3.8, 4) is 11.8 Å². The molecule has 0 saturated carbocycles. The minimum absolute atomic E-state index is 0.00527. The van der Waals surface area contributed by atoms with Gasteiger partial charge in [-0.05, 0) is 19.3 Å². The van der Waals surface area contributed by atoms with E-state index in [1.807, 2.05) is 0 Å². The molecule has 0 radical (unpaired) electrons. The van der Waals surface area contributed by atoms with Gasteiger partial charge in [-0.25, -0.2) is 4.79 Å². The van der Waals surface area contributed by atoms with Crippen LogP contribution in [0.25, 0.3) is 0 Å². The van der Waals surface area contributed by atoms with Gasteiger partial charge in [0.15, 0.2) is 0 Å². The molecule has 0 aromatic carbocycles. The maximum absolute atomic E-state index is 11.8. The number of nitrogens with zero attached hydrogens (tertiary/aromatic N) is 1. The zero-order valence-corrected chi connectivity index (χ0v) is 19.5. The third kappa shape index (κ3) is 12.1. The molecular formula is C23H34N2O9. The standard InChI is InChI=1S/C23H34N2O9/c26-20(18-33-19-6-4-2-1-3-5-7-19)24-11-13-31-15-17-32-16-14-30-12-10-23(29)34-25-21(27)8-9-22(25)28/h19H,1-4,6,8-18H2,(H,24,26). The van der Waals surface area contributed by atoms with E-state index >= 15 is 0 Å². The van der Waals surface area contributed by atoms with Gasteiger partial charge in [-0.1, -0.05) is 12.3 Å². The van der Waals surface area contributed by atoms with E-state index in [9.17, 15) is 19.2 Å². The van der Waals surface area contributed by atoms with E-state index in [-0.39, 0.29) is 51.1 Å². The molecule has 0 spiro atoms. The van der Waals surface area contributed by atoms with Gasteiger partial charge >= 0.3 is 5.97 Å². The molecule has 0 aromatic heterocycles. The Morgan fingerprint density at radius 2 is 1.59 bits per heavy atom. The predicted octanol–water partition coefficient (Wildman–Crippen LogP) is 0.502. The monoisotopic (exact) mass is 482 g/mol. The molecule has 3 amide bonds. The van der Waals surface area contributed by atoms with E-state index in [2.05, 4.69) is 17.2 Å². The molecule has 0 bridgehead atoms. The van der Waals surface area contributed by atoms with Gasteiger partial charge in [0.2, 0.25) is 5.91 Å². The molecule has 190 valence electrons. The third-order valence-corrected chi connectivity index (χ3v) is 4.91. The number of carbonyl (C=O) groups is 4. The van der Waals surface area contributed by atoms with Crippen LogP contribution in [0.2, 0.25) is 0 Å². The number of carbonyl (C=O) groups excluding carboxylic acids is 4. The first-order valence-corrected chi connectivity index (χ1v) is 11.7. The Morgan fingerprint density at radius 1 is 0.912 bits per heavy atom. The number of hydrogen-bond acceptors (Lipinski definition) is 9. The number of amides is 3. The fourth-order valence-corrected chi connectivity index (χ4v) is 3.10. The van der Waals surface area contributed by atoms with E-state index in [1.165, 1.54) is 0 Å². The van der Waals surface area contributed by atoms with Crippen molar-refractivity contribution in [3.05, 3.63) is 0 Å². The minimum Gasteiger partial charge on any atom is -0.378 e. The molecule has 1 saturated heterocycles. The van der Waals surface area contributed by atoms with Crippen LogP contribution >= 0.6 is 0 Å². The highest BCUT2D eigenvalue weighted by molar-refractivity contribution is 6.01. The number of imide groups is 1. The van der Waals surface area contributed by atoms with Crippen molar-refractivity contribution in [3.63, 3.8) is 0 Å². The van der Waals surface area contributed by atoms with Gasteiger partial charge in [-0.15, -0.1) is 11.0 Å². The second kappa shape index (κ2) is 17.0. The molecule has 11 heteroatoms. The average molecular weight is 483 g/mol. The largest absolute Gasteiger partial charge is 0.378 e. The second-order valence-electron chi connectivity index (χ2n) is 7.70. The Hall–Kier alpha value is -2.52. The molecule has 11 nitrogen and oxygen atoms in total. The number of nitrogens with one attached hydrogen (secondary N) is 1. The first kappa shape index (κ1) is 27.7. The number of rotatable bonds is 16. The van der Waals surface area contributed by atoms with Crippen molar-refractivity contribution >= 4 is 23.7 Å². The van der Waals surface area contributed by atoms with Gasteiger partial charge < -0.3 is 29.1 Å². The summed E-state index contributed by atoms with van der Waals surface area (Å²) in [6.45, 7) is 2.15. The highest BCUT2D eigenvalue weighted by atomic mass is 16.7. The molecule has 1 N–H and O–H groups in total. The van der Waals surface area contributed by atoms with Crippen LogP contribution in [-0.4, -0.2) is 87.7 Å². The lowest BCUT2D eigenvalue weighted by atomic mass is 10.1. The van der Waals surface area contributed by atoms with Crippen LogP contribution in [0.15, 0.2) is 0 Å². The molecule has 34 heavy (non-hydrogen) atoms. The molecule has 1 heterocycles. The van der Waals surface area contributed by atoms with Crippen LogP contribution < -0.4 is 5.32 Å². The van der Waals surface area contributed by atoms with Gasteiger partial charge in [0.25, 0.3) is 11.8 Å². The van der Waals surface area contributed by atoms with Crippen molar-refractivity contribution < 1.29 is 43.0 Å². The second-order valence-corrected chi connectivity index (χ2v) is 7.70. The molecule has 1 unspecified atom stereocenters. The van der Waals surface area contributed by atoms with E-state index in [4.69, 9.17) is 23.8 Å². The molecule has 1 atom stereocenters. The SMILES string of the molecule is O=C(COC1C#CCCCCC1)NCCOCCOCCOCCC(=O)ON1C(=O)CCC1=O. The van der Waals surface area contributed by atoms with Crippen LogP contribution in [0.5, 0.6) is 0 Å². The van der Waals surface area contributed by atoms with E-state index < -0.39 is 17.8 Å². The third-order valence-electron chi connectivity index (χ3n) is 4.91. The molecule has 1 aliphatic heterocycles. The molecule has 2 rings (SSSR count). The van der Waals surface area contributed by atoms with Gasteiger partial charge in [0.1, 0.15) is 12.7 Å². The van der Waals surface area contributed by atoms with Crippen LogP contribution in [0.4, 0.5) is 0 Å². The summed E-state index contributed by atoms with van der Waals surface area (Å²) in [5.41, 5.74) is 0. The maximum atomic E-state index is 11.8. The minimum atomic E-state index is -0.704. The normalized spacial score (nSPS) is 18.1. The zero-order chi connectivity index (χ0) is 24.4. The smallest absolute Gasteiger partial charge is 0.335 e. The summed E-state index contributed by atoms with van der Waals surface area (Å²) < 4.78 is 21.5. The lowest BCUT2D eigenvalue weighted by Gasteiger charge is -2.13. The molecule has 1 fully saturated rings. The Labute approximate surface area is 199 Å². The van der Waals surface area contributed by atoms with Crippen LogP contribution in [-0.2, 0) is 43.0 Å². The van der Waals surface area contributed by atoms with Gasteiger partial charge in [0, 0.05) is 25.8 Å². The zero-order valence-electron chi connectivity index (χ0n) is 19.5. The van der Waals surface area contributed by atoms with Crippen molar-refractivity contribution in [2.24, 2.45) is 0 Å². The molecule has 2 aliphatic rings. The summed E-state index contributed by atoms with van der Waals surface area (Å²) in [6.07, 6.45) is 4.99. The van der Waals surface area contributed by atoms with E-state index in [0.29, 0.717) is 38.0 Å². The number of hydroxylamine groups is 2. The Kier molecular flexibility index (Phi) is 13.9. The first-order chi connectivity index (χ1) is 16.6. The predicted molar refractivity (Wildman–Crippen MR) is 118 cm³/mol. The summed E-state index contributed by atoms with van der Waals surface area (Å²) in [6, 6.07) is 0. The summed E-state index contributed by atoms with van der Waals surface area (Å²) >= 11 is 0. The quantitative estimate of drug-likeness (QED) is 0.190. The lowest BCUT2D eigenvalue weighted by Crippen LogP contribution is -2.32. The number of ether oxygens (including phenoxy) is 4. The topological polar surface area (TPSA) is 130 Å². The first-order valence-electron chi connectivity index (χ1n) is 11.7. The molecule has 0 aromatic rings. The Balaban J connectivity index is 1.33. The summed E-state index contributed by atoms with van der Waals surface area (Å²) in [7, 11) is 0. The summed E-state index contributed by atoms with van der Waals surface area (Å²) in [5, 5.41) is 3.25. The van der Waals surface area contributed by atoms with Gasteiger partial charge in [0.05, 0.1) is 46.1 Å². The van der Waals surface area contributed by atoms with Crippen molar-refractivity contribution in [1.29, 1.82) is 0 Å². The summed E-state index contributed by atoms with van der Waals surface area (Å²) in [5.74, 6) is 4.23. The summed E-state index contributed by atoms with van der Waals surface area (Å²) in [4.78, 5) is 50.8. The average Bonchev–Trinajstić information content (AvgIpc) is 3.11. The van der Waals surface area contributed by atoms with Crippen molar-refractivity contribution in [2.75, 3.05) is 52.8 Å². The lowest BCUT2D eigenvalue weighted by molar-refractivity contribution is -0.198. The van der Waals surface area contributed by atoms with E-state index in [1.54, 1.807) is 0 Å². The van der Waals surface area contributed by atoms with Gasteiger partial charge in [-0.2, -0.15) is 0 Å². The number of hydrogen-bond donors (Lipinski definition) is 1. The van der Waals surface area contributed by atoms with Crippen LogP contribution in [0.3, 0.4) is 0 Å². The molecule has 1 aliphatic carbocycles.